The van der Waals surface area contributed by atoms with Gasteiger partial charge in [0.15, 0.2) is 5.82 Å². The number of hydrogen-bond acceptors (Lipinski definition) is 4. The first-order chi connectivity index (χ1) is 10.1. The van der Waals surface area contributed by atoms with Gasteiger partial charge in [-0.15, -0.1) is 0 Å². The predicted octanol–water partition coefficient (Wildman–Crippen LogP) is 1.83. The van der Waals surface area contributed by atoms with Gasteiger partial charge in [-0.05, 0) is 24.6 Å². The number of aryl methyl sites for hydroxylation is 1. The fraction of sp³-hybridized carbons (Fsp3) is 0.357. The van der Waals surface area contributed by atoms with Gasteiger partial charge in [-0.1, -0.05) is 17.3 Å². The first-order valence-corrected chi connectivity index (χ1v) is 6.69. The molecule has 110 valence electrons. The molecule has 1 N–H and O–H groups in total. The highest BCUT2D eigenvalue weighted by Crippen LogP contribution is 2.25. The lowest BCUT2D eigenvalue weighted by atomic mass is 10.0. The Labute approximate surface area is 120 Å². The van der Waals surface area contributed by atoms with Gasteiger partial charge in [-0.25, -0.2) is 9.18 Å². The number of rotatable bonds is 3. The minimum absolute atomic E-state index is 0.114. The zero-order valence-corrected chi connectivity index (χ0v) is 11.5. The summed E-state index contributed by atoms with van der Waals surface area (Å²) in [6.45, 7) is 3.27. The zero-order chi connectivity index (χ0) is 14.8. The topological polar surface area (TPSA) is 71.3 Å². The van der Waals surface area contributed by atoms with Gasteiger partial charge in [-0.2, -0.15) is 4.98 Å². The molecule has 1 aliphatic rings. The van der Waals surface area contributed by atoms with E-state index in [2.05, 4.69) is 15.5 Å². The van der Waals surface area contributed by atoms with Gasteiger partial charge in [0.1, 0.15) is 5.82 Å². The predicted molar refractivity (Wildman–Crippen MR) is 72.0 cm³/mol. The number of benzene rings is 1. The number of carbonyl (C=O) groups is 1. The van der Waals surface area contributed by atoms with Gasteiger partial charge >= 0.3 is 6.03 Å². The van der Waals surface area contributed by atoms with Crippen molar-refractivity contribution >= 4 is 6.03 Å². The Morgan fingerprint density at radius 1 is 1.43 bits per heavy atom. The summed E-state index contributed by atoms with van der Waals surface area (Å²) in [6, 6.07) is 5.90. The Kier molecular flexibility index (Phi) is 3.55. The van der Waals surface area contributed by atoms with Crippen molar-refractivity contribution in [2.45, 2.75) is 19.4 Å². The Hall–Kier alpha value is -2.44. The summed E-state index contributed by atoms with van der Waals surface area (Å²) in [5.41, 5.74) is 0.856. The van der Waals surface area contributed by atoms with Crippen LogP contribution in [-0.4, -0.2) is 34.2 Å². The van der Waals surface area contributed by atoms with Gasteiger partial charge in [0.25, 0.3) is 0 Å². The second kappa shape index (κ2) is 5.51. The molecular formula is C14H15FN4O2. The van der Waals surface area contributed by atoms with Crippen molar-refractivity contribution in [3.05, 3.63) is 47.4 Å². The molecule has 1 saturated heterocycles. The molecule has 0 aliphatic carbocycles. The van der Waals surface area contributed by atoms with E-state index in [1.54, 1.807) is 24.0 Å². The number of carbonyl (C=O) groups excluding carboxylic acids is 1. The molecule has 0 saturated carbocycles. The molecule has 1 aromatic heterocycles. The largest absolute Gasteiger partial charge is 0.339 e. The third-order valence-corrected chi connectivity index (χ3v) is 3.42. The molecule has 1 aromatic carbocycles. The second-order valence-electron chi connectivity index (χ2n) is 5.07. The van der Waals surface area contributed by atoms with E-state index in [1.165, 1.54) is 12.1 Å². The van der Waals surface area contributed by atoms with E-state index in [1.807, 2.05) is 0 Å². The van der Waals surface area contributed by atoms with Gasteiger partial charge in [-0.3, -0.25) is 0 Å². The monoisotopic (exact) mass is 290 g/mol. The fourth-order valence-electron chi connectivity index (χ4n) is 2.17. The van der Waals surface area contributed by atoms with Gasteiger partial charge < -0.3 is 14.7 Å². The van der Waals surface area contributed by atoms with Crippen LogP contribution in [0.15, 0.2) is 28.8 Å². The molecule has 0 bridgehead atoms. The number of nitrogens with zero attached hydrogens (tertiary/aromatic N) is 3. The maximum Gasteiger partial charge on any atom is 0.317 e. The molecule has 1 aliphatic heterocycles. The third kappa shape index (κ3) is 3.01. The summed E-state index contributed by atoms with van der Waals surface area (Å²) in [4.78, 5) is 17.8. The van der Waals surface area contributed by atoms with E-state index < -0.39 is 0 Å². The van der Waals surface area contributed by atoms with Crippen LogP contribution in [0.2, 0.25) is 0 Å². The zero-order valence-electron chi connectivity index (χ0n) is 11.5. The minimum atomic E-state index is -0.287. The summed E-state index contributed by atoms with van der Waals surface area (Å²) in [5, 5.41) is 6.53. The van der Waals surface area contributed by atoms with E-state index in [0.717, 1.165) is 5.56 Å². The van der Waals surface area contributed by atoms with Crippen molar-refractivity contribution < 1.29 is 13.7 Å². The van der Waals surface area contributed by atoms with Crippen molar-refractivity contribution in [2.24, 2.45) is 0 Å². The first-order valence-electron chi connectivity index (χ1n) is 6.69. The van der Waals surface area contributed by atoms with Crippen LogP contribution in [-0.2, 0) is 6.54 Å². The van der Waals surface area contributed by atoms with E-state index in [4.69, 9.17) is 4.52 Å². The molecule has 2 amide bonds. The summed E-state index contributed by atoms with van der Waals surface area (Å²) in [6.07, 6.45) is 0. The van der Waals surface area contributed by atoms with Crippen LogP contribution < -0.4 is 5.32 Å². The lowest BCUT2D eigenvalue weighted by Gasteiger charge is -2.36. The number of hydrogen-bond donors (Lipinski definition) is 1. The van der Waals surface area contributed by atoms with E-state index in [9.17, 15) is 9.18 Å². The number of amides is 2. The average molecular weight is 290 g/mol. The van der Waals surface area contributed by atoms with Crippen LogP contribution in [0, 0.1) is 12.7 Å². The molecule has 2 heterocycles. The van der Waals surface area contributed by atoms with Crippen LogP contribution in [0.25, 0.3) is 0 Å². The molecule has 0 radical (unpaired) electrons. The Balaban J connectivity index is 1.46. The Bertz CT molecular complexity index is 635. The third-order valence-electron chi connectivity index (χ3n) is 3.42. The summed E-state index contributed by atoms with van der Waals surface area (Å²) in [5.74, 6) is 1.01. The molecule has 21 heavy (non-hydrogen) atoms. The lowest BCUT2D eigenvalue weighted by Crippen LogP contribution is -2.52. The number of urea groups is 1. The van der Waals surface area contributed by atoms with Crippen LogP contribution in [0.3, 0.4) is 0 Å². The Morgan fingerprint density at radius 2 is 2.14 bits per heavy atom. The molecule has 3 rings (SSSR count). The maximum absolute atomic E-state index is 12.8. The normalized spacial score (nSPS) is 14.9. The van der Waals surface area contributed by atoms with E-state index >= 15 is 0 Å². The van der Waals surface area contributed by atoms with Crippen molar-refractivity contribution in [3.8, 4) is 0 Å². The molecule has 1 fully saturated rings. The highest BCUT2D eigenvalue weighted by molar-refractivity contribution is 5.75. The highest BCUT2D eigenvalue weighted by Gasteiger charge is 2.35. The van der Waals surface area contributed by atoms with Gasteiger partial charge in [0.05, 0.1) is 5.92 Å². The minimum Gasteiger partial charge on any atom is -0.339 e. The van der Waals surface area contributed by atoms with Crippen molar-refractivity contribution in [2.75, 3.05) is 13.1 Å². The van der Waals surface area contributed by atoms with Crippen LogP contribution in [0.5, 0.6) is 0 Å². The standard InChI is InChI=1S/C14H15FN4O2/c1-9-17-13(21-18-9)11-7-19(8-11)14(20)16-6-10-2-4-12(15)5-3-10/h2-5,11H,6-8H2,1H3,(H,16,20). The smallest absolute Gasteiger partial charge is 0.317 e. The van der Waals surface area contributed by atoms with E-state index in [-0.39, 0.29) is 17.8 Å². The summed E-state index contributed by atoms with van der Waals surface area (Å²) < 4.78 is 17.8. The quantitative estimate of drug-likeness (QED) is 0.936. The lowest BCUT2D eigenvalue weighted by molar-refractivity contribution is 0.136. The average Bonchev–Trinajstić information content (AvgIpc) is 2.83. The molecular weight excluding hydrogens is 275 g/mol. The maximum atomic E-state index is 12.8. The number of nitrogens with one attached hydrogen (secondary N) is 1. The highest BCUT2D eigenvalue weighted by atomic mass is 19.1. The molecule has 7 heteroatoms. The number of likely N-dealkylation sites (tertiary alicyclic amines) is 1. The Morgan fingerprint density at radius 3 is 2.76 bits per heavy atom. The van der Waals surface area contributed by atoms with Crippen LogP contribution in [0.4, 0.5) is 9.18 Å². The van der Waals surface area contributed by atoms with Crippen LogP contribution in [0.1, 0.15) is 23.2 Å². The van der Waals surface area contributed by atoms with Crippen molar-refractivity contribution in [3.63, 3.8) is 0 Å². The molecule has 2 aromatic rings. The first kappa shape index (κ1) is 13.5. The SMILES string of the molecule is Cc1noc(C2CN(C(=O)NCc3ccc(F)cc3)C2)n1. The molecule has 0 unspecified atom stereocenters. The molecule has 0 atom stereocenters. The molecule has 6 nitrogen and oxygen atoms in total. The van der Waals surface area contributed by atoms with Crippen molar-refractivity contribution in [1.29, 1.82) is 0 Å². The molecule has 0 spiro atoms. The van der Waals surface area contributed by atoms with Crippen molar-refractivity contribution in [1.82, 2.24) is 20.4 Å². The summed E-state index contributed by atoms with van der Waals surface area (Å²) in [7, 11) is 0. The van der Waals surface area contributed by atoms with Crippen LogP contribution >= 0.6 is 0 Å². The second-order valence-corrected chi connectivity index (χ2v) is 5.07. The number of aromatic nitrogens is 2. The number of halogens is 1. The van der Waals surface area contributed by atoms with Gasteiger partial charge in [0, 0.05) is 19.6 Å². The van der Waals surface area contributed by atoms with Gasteiger partial charge in [0.2, 0.25) is 5.89 Å². The van der Waals surface area contributed by atoms with E-state index in [0.29, 0.717) is 31.3 Å². The summed E-state index contributed by atoms with van der Waals surface area (Å²) >= 11 is 0. The fourth-order valence-corrected chi connectivity index (χ4v) is 2.17.